The molecule has 0 amide bonds. The van der Waals surface area contributed by atoms with Crippen molar-refractivity contribution in [2.75, 3.05) is 0 Å². The molecule has 0 fully saturated rings. The van der Waals surface area contributed by atoms with Gasteiger partial charge in [-0.1, -0.05) is 11.6 Å². The molecule has 0 aliphatic heterocycles. The summed E-state index contributed by atoms with van der Waals surface area (Å²) in [5.41, 5.74) is 2.02. The van der Waals surface area contributed by atoms with Crippen molar-refractivity contribution < 1.29 is 4.79 Å². The van der Waals surface area contributed by atoms with Crippen LogP contribution in [-0.2, 0) is 13.0 Å². The van der Waals surface area contributed by atoms with Crippen LogP contribution in [0.5, 0.6) is 0 Å². The Morgan fingerprint density at radius 3 is 2.83 bits per heavy atom. The van der Waals surface area contributed by atoms with Crippen LogP contribution >= 0.6 is 11.6 Å². The minimum Gasteiger partial charge on any atom is -0.294 e. The van der Waals surface area contributed by atoms with Gasteiger partial charge in [-0.3, -0.25) is 9.48 Å². The molecule has 0 unspecified atom stereocenters. The monoisotopic (exact) mass is 264 g/mol. The van der Waals surface area contributed by atoms with E-state index in [9.17, 15) is 4.79 Å². The predicted molar refractivity (Wildman–Crippen MR) is 67.7 cm³/mol. The molecular formula is C12H13ClN4O. The lowest BCUT2D eigenvalue weighted by Crippen LogP contribution is -2.10. The Kier molecular flexibility index (Phi) is 3.72. The lowest BCUT2D eigenvalue weighted by molar-refractivity contribution is 0.0990. The van der Waals surface area contributed by atoms with Crippen molar-refractivity contribution in [2.24, 2.45) is 0 Å². The third kappa shape index (κ3) is 2.41. The number of carbonyl (C=O) groups is 1. The van der Waals surface area contributed by atoms with Crippen molar-refractivity contribution in [3.8, 4) is 0 Å². The van der Waals surface area contributed by atoms with Crippen molar-refractivity contribution in [3.63, 3.8) is 0 Å². The minimum absolute atomic E-state index is 0.0404. The third-order valence-corrected chi connectivity index (χ3v) is 3.18. The van der Waals surface area contributed by atoms with Crippen LogP contribution in [-0.4, -0.2) is 25.8 Å². The second-order valence-corrected chi connectivity index (χ2v) is 4.27. The predicted octanol–water partition coefficient (Wildman–Crippen LogP) is 2.08. The van der Waals surface area contributed by atoms with Gasteiger partial charge in [0, 0.05) is 12.1 Å². The first-order valence-corrected chi connectivity index (χ1v) is 6.03. The summed E-state index contributed by atoms with van der Waals surface area (Å²) in [6.07, 6.45) is 3.17. The maximum atomic E-state index is 12.1. The van der Waals surface area contributed by atoms with Crippen LogP contribution in [0, 0.1) is 6.92 Å². The fourth-order valence-electron chi connectivity index (χ4n) is 1.75. The number of aromatic nitrogens is 4. The average molecular weight is 265 g/mol. The number of halogens is 1. The van der Waals surface area contributed by atoms with Crippen LogP contribution in [0.15, 0.2) is 18.5 Å². The molecule has 0 radical (unpaired) electrons. The van der Waals surface area contributed by atoms with Gasteiger partial charge in [-0.2, -0.15) is 15.3 Å². The Bertz CT molecular complexity index is 565. The van der Waals surface area contributed by atoms with Crippen LogP contribution in [0.2, 0.25) is 5.02 Å². The summed E-state index contributed by atoms with van der Waals surface area (Å²) in [6.45, 7) is 4.48. The van der Waals surface area contributed by atoms with Gasteiger partial charge in [-0.15, -0.1) is 0 Å². The molecule has 5 nitrogen and oxygen atoms in total. The molecule has 2 aromatic rings. The Morgan fingerprint density at radius 1 is 1.44 bits per heavy atom. The van der Waals surface area contributed by atoms with Gasteiger partial charge >= 0.3 is 0 Å². The van der Waals surface area contributed by atoms with E-state index in [0.717, 1.165) is 11.4 Å². The second-order valence-electron chi connectivity index (χ2n) is 3.89. The Morgan fingerprint density at radius 2 is 2.22 bits per heavy atom. The molecule has 0 N–H and O–H groups in total. The van der Waals surface area contributed by atoms with E-state index in [1.165, 1.54) is 12.4 Å². The maximum Gasteiger partial charge on any atom is 0.170 e. The second kappa shape index (κ2) is 5.27. The number of ketones is 1. The standard InChI is InChI=1S/C12H13ClN4O/c1-3-17-10(12(13)8(2)16-17)6-11(18)9-4-5-14-15-7-9/h4-5,7H,3,6H2,1-2H3. The van der Waals surface area contributed by atoms with E-state index in [1.54, 1.807) is 10.7 Å². The normalized spacial score (nSPS) is 10.6. The minimum atomic E-state index is -0.0404. The lowest BCUT2D eigenvalue weighted by atomic mass is 10.1. The summed E-state index contributed by atoms with van der Waals surface area (Å²) in [6, 6.07) is 1.64. The molecule has 0 spiro atoms. The van der Waals surface area contributed by atoms with Crippen LogP contribution in [0.25, 0.3) is 0 Å². The van der Waals surface area contributed by atoms with E-state index in [2.05, 4.69) is 15.3 Å². The smallest absolute Gasteiger partial charge is 0.170 e. The number of aryl methyl sites for hydroxylation is 2. The quantitative estimate of drug-likeness (QED) is 0.794. The summed E-state index contributed by atoms with van der Waals surface area (Å²) in [4.78, 5) is 12.1. The van der Waals surface area contributed by atoms with Gasteiger partial charge in [0.25, 0.3) is 0 Å². The van der Waals surface area contributed by atoms with Gasteiger partial charge in [0.2, 0.25) is 0 Å². The molecule has 0 atom stereocenters. The van der Waals surface area contributed by atoms with Crippen LogP contribution in [0.3, 0.4) is 0 Å². The van der Waals surface area contributed by atoms with Crippen molar-refractivity contribution in [2.45, 2.75) is 26.8 Å². The summed E-state index contributed by atoms with van der Waals surface area (Å²) in [7, 11) is 0. The molecule has 0 aromatic carbocycles. The number of nitrogens with zero attached hydrogens (tertiary/aromatic N) is 4. The zero-order valence-corrected chi connectivity index (χ0v) is 11.0. The van der Waals surface area contributed by atoms with Crippen molar-refractivity contribution in [3.05, 3.63) is 40.4 Å². The molecule has 0 bridgehead atoms. The number of hydrogen-bond acceptors (Lipinski definition) is 4. The first-order chi connectivity index (χ1) is 8.63. The van der Waals surface area contributed by atoms with Gasteiger partial charge in [0.15, 0.2) is 5.78 Å². The molecule has 94 valence electrons. The zero-order valence-electron chi connectivity index (χ0n) is 10.2. The molecule has 18 heavy (non-hydrogen) atoms. The summed E-state index contributed by atoms with van der Waals surface area (Å²) in [5, 5.41) is 12.2. The average Bonchev–Trinajstić information content (AvgIpc) is 2.67. The molecule has 6 heteroatoms. The van der Waals surface area contributed by atoms with Gasteiger partial charge in [-0.05, 0) is 19.9 Å². The summed E-state index contributed by atoms with van der Waals surface area (Å²) >= 11 is 6.16. The molecule has 2 rings (SSSR count). The Labute approximate surface area is 110 Å². The van der Waals surface area contributed by atoms with Crippen LogP contribution < -0.4 is 0 Å². The van der Waals surface area contributed by atoms with Gasteiger partial charge in [0.05, 0.1) is 35.2 Å². The highest BCUT2D eigenvalue weighted by atomic mass is 35.5. The lowest BCUT2D eigenvalue weighted by Gasteiger charge is -2.04. The molecule has 2 heterocycles. The first kappa shape index (κ1) is 12.7. The van der Waals surface area contributed by atoms with E-state index < -0.39 is 0 Å². The van der Waals surface area contributed by atoms with E-state index >= 15 is 0 Å². The highest BCUT2D eigenvalue weighted by molar-refractivity contribution is 6.32. The molecule has 2 aromatic heterocycles. The van der Waals surface area contributed by atoms with Crippen LogP contribution in [0.4, 0.5) is 0 Å². The highest BCUT2D eigenvalue weighted by Crippen LogP contribution is 2.21. The van der Waals surface area contributed by atoms with Gasteiger partial charge in [-0.25, -0.2) is 0 Å². The zero-order chi connectivity index (χ0) is 13.1. The van der Waals surface area contributed by atoms with Crippen molar-refractivity contribution >= 4 is 17.4 Å². The Balaban J connectivity index is 2.27. The van der Waals surface area contributed by atoms with Crippen LogP contribution in [0.1, 0.15) is 28.7 Å². The fraction of sp³-hybridized carbons (Fsp3) is 0.333. The fourth-order valence-corrected chi connectivity index (χ4v) is 1.95. The highest BCUT2D eigenvalue weighted by Gasteiger charge is 2.17. The van der Waals surface area contributed by atoms with Crippen molar-refractivity contribution in [1.82, 2.24) is 20.0 Å². The van der Waals surface area contributed by atoms with E-state index in [0.29, 0.717) is 17.1 Å². The van der Waals surface area contributed by atoms with Crippen molar-refractivity contribution in [1.29, 1.82) is 0 Å². The number of rotatable bonds is 4. The van der Waals surface area contributed by atoms with E-state index in [1.807, 2.05) is 13.8 Å². The molecule has 0 aliphatic rings. The summed E-state index contributed by atoms with van der Waals surface area (Å²) < 4.78 is 1.75. The first-order valence-electron chi connectivity index (χ1n) is 5.65. The largest absolute Gasteiger partial charge is 0.294 e. The molecular weight excluding hydrogens is 252 g/mol. The number of Topliss-reactive ketones (excluding diaryl/α,β-unsaturated/α-hetero) is 1. The van der Waals surface area contributed by atoms with Gasteiger partial charge < -0.3 is 0 Å². The number of hydrogen-bond donors (Lipinski definition) is 0. The topological polar surface area (TPSA) is 60.7 Å². The van der Waals surface area contributed by atoms with Gasteiger partial charge in [0.1, 0.15) is 0 Å². The molecule has 0 aliphatic carbocycles. The molecule has 0 saturated heterocycles. The van der Waals surface area contributed by atoms with E-state index in [-0.39, 0.29) is 12.2 Å². The van der Waals surface area contributed by atoms with E-state index in [4.69, 9.17) is 11.6 Å². The SMILES string of the molecule is CCn1nc(C)c(Cl)c1CC(=O)c1ccnnc1. The number of carbonyl (C=O) groups excluding carboxylic acids is 1. The molecule has 0 saturated carbocycles. The third-order valence-electron chi connectivity index (χ3n) is 2.69. The maximum absolute atomic E-state index is 12.1. The Hall–Kier alpha value is -1.75. The summed E-state index contributed by atoms with van der Waals surface area (Å²) in [5.74, 6) is -0.0404.